The lowest BCUT2D eigenvalue weighted by Gasteiger charge is -2.23. The first kappa shape index (κ1) is 22.6. The molecule has 0 fully saturated rings. The van der Waals surface area contributed by atoms with E-state index >= 15 is 0 Å². The van der Waals surface area contributed by atoms with E-state index in [4.69, 9.17) is 9.47 Å². The van der Waals surface area contributed by atoms with Crippen LogP contribution in [0.1, 0.15) is 26.3 Å². The maximum atomic E-state index is 12.6. The topological polar surface area (TPSA) is 102 Å². The molecule has 2 aromatic rings. The van der Waals surface area contributed by atoms with Gasteiger partial charge < -0.3 is 14.8 Å². The minimum atomic E-state index is -0.962. The van der Waals surface area contributed by atoms with Crippen LogP contribution in [0.25, 0.3) is 0 Å². The standard InChI is InChI=1S/C20H25BrN4O4/c1-20(2,3)29-19(27)23-16(13-28-12-14-7-5-4-6-8-14)18(26)25-24-17-10-9-15(21)11-22-17/h4-11,16H,12-13H2,1-3H3,(H,22,24)(H,23,27)(H,25,26)/t16-/m1/s1. The number of amides is 2. The SMILES string of the molecule is CC(C)(C)OC(=O)N[C@H](COCc1ccccc1)C(=O)NNc1ccc(Br)cn1. The van der Waals surface area contributed by atoms with Crippen LogP contribution in [-0.2, 0) is 20.9 Å². The highest BCUT2D eigenvalue weighted by Crippen LogP contribution is 2.10. The largest absolute Gasteiger partial charge is 0.444 e. The number of hydrazine groups is 1. The zero-order valence-electron chi connectivity index (χ0n) is 16.6. The van der Waals surface area contributed by atoms with E-state index in [1.165, 1.54) is 0 Å². The van der Waals surface area contributed by atoms with Crippen molar-refractivity contribution < 1.29 is 19.1 Å². The number of hydrogen-bond acceptors (Lipinski definition) is 6. The molecule has 0 saturated heterocycles. The number of aromatic nitrogens is 1. The van der Waals surface area contributed by atoms with Gasteiger partial charge in [-0.15, -0.1) is 0 Å². The number of hydrogen-bond donors (Lipinski definition) is 3. The number of pyridine rings is 1. The van der Waals surface area contributed by atoms with Gasteiger partial charge in [-0.3, -0.25) is 15.6 Å². The Labute approximate surface area is 178 Å². The van der Waals surface area contributed by atoms with Crippen LogP contribution in [0.4, 0.5) is 10.6 Å². The zero-order chi connectivity index (χ0) is 21.3. The number of carbonyl (C=O) groups is 2. The monoisotopic (exact) mass is 464 g/mol. The summed E-state index contributed by atoms with van der Waals surface area (Å²) in [7, 11) is 0. The third kappa shape index (κ3) is 8.93. The van der Waals surface area contributed by atoms with Crippen molar-refractivity contribution >= 4 is 33.7 Å². The number of benzene rings is 1. The van der Waals surface area contributed by atoms with E-state index in [2.05, 4.69) is 37.1 Å². The molecule has 9 heteroatoms. The predicted octanol–water partition coefficient (Wildman–Crippen LogP) is 3.40. The van der Waals surface area contributed by atoms with Crippen molar-refractivity contribution in [1.29, 1.82) is 0 Å². The van der Waals surface area contributed by atoms with Crippen molar-refractivity contribution in [1.82, 2.24) is 15.7 Å². The smallest absolute Gasteiger partial charge is 0.408 e. The Morgan fingerprint density at radius 3 is 2.48 bits per heavy atom. The number of anilines is 1. The number of rotatable bonds is 8. The lowest BCUT2D eigenvalue weighted by Crippen LogP contribution is -2.51. The summed E-state index contributed by atoms with van der Waals surface area (Å²) in [5.74, 6) is -0.0450. The minimum Gasteiger partial charge on any atom is -0.444 e. The first-order valence-electron chi connectivity index (χ1n) is 9.01. The molecular formula is C20H25BrN4O4. The van der Waals surface area contributed by atoms with E-state index in [0.717, 1.165) is 10.0 Å². The Hall–Kier alpha value is -2.65. The lowest BCUT2D eigenvalue weighted by molar-refractivity contribution is -0.124. The molecule has 2 amide bonds. The molecule has 1 heterocycles. The number of nitrogens with zero attached hydrogens (tertiary/aromatic N) is 1. The molecule has 3 N–H and O–H groups in total. The maximum absolute atomic E-state index is 12.6. The van der Waals surface area contributed by atoms with Crippen molar-refractivity contribution in [3.63, 3.8) is 0 Å². The zero-order valence-corrected chi connectivity index (χ0v) is 18.2. The molecule has 0 aliphatic carbocycles. The fourth-order valence-electron chi connectivity index (χ4n) is 2.16. The van der Waals surface area contributed by atoms with E-state index in [0.29, 0.717) is 12.4 Å². The average molecular weight is 465 g/mol. The summed E-state index contributed by atoms with van der Waals surface area (Å²) < 4.78 is 11.7. The van der Waals surface area contributed by atoms with Gasteiger partial charge in [0.05, 0.1) is 13.2 Å². The van der Waals surface area contributed by atoms with Gasteiger partial charge in [-0.25, -0.2) is 9.78 Å². The molecule has 0 radical (unpaired) electrons. The van der Waals surface area contributed by atoms with Crippen LogP contribution in [-0.4, -0.2) is 35.2 Å². The quantitative estimate of drug-likeness (QED) is 0.517. The minimum absolute atomic E-state index is 0.0323. The first-order valence-corrected chi connectivity index (χ1v) is 9.81. The van der Waals surface area contributed by atoms with Gasteiger partial charge in [0.1, 0.15) is 17.5 Å². The fourth-order valence-corrected chi connectivity index (χ4v) is 2.40. The number of nitrogens with one attached hydrogen (secondary N) is 3. The average Bonchev–Trinajstić information content (AvgIpc) is 2.66. The first-order chi connectivity index (χ1) is 13.7. The Kier molecular flexibility index (Phi) is 8.41. The van der Waals surface area contributed by atoms with Gasteiger partial charge in [-0.1, -0.05) is 30.3 Å². The Balaban J connectivity index is 1.94. The van der Waals surface area contributed by atoms with E-state index in [-0.39, 0.29) is 6.61 Å². The Morgan fingerprint density at radius 1 is 1.14 bits per heavy atom. The number of ether oxygens (including phenoxy) is 2. The summed E-state index contributed by atoms with van der Waals surface area (Å²) in [6.45, 7) is 5.51. The molecule has 0 spiro atoms. The summed E-state index contributed by atoms with van der Waals surface area (Å²) in [6, 6.07) is 12.0. The maximum Gasteiger partial charge on any atom is 0.408 e. The third-order valence-electron chi connectivity index (χ3n) is 3.44. The summed E-state index contributed by atoms with van der Waals surface area (Å²) >= 11 is 3.29. The van der Waals surface area contributed by atoms with Crippen LogP contribution in [0.3, 0.4) is 0 Å². The van der Waals surface area contributed by atoms with Crippen LogP contribution in [0.2, 0.25) is 0 Å². The van der Waals surface area contributed by atoms with Crippen molar-refractivity contribution in [3.05, 3.63) is 58.7 Å². The molecule has 0 saturated carbocycles. The van der Waals surface area contributed by atoms with Gasteiger partial charge in [0.25, 0.3) is 5.91 Å². The normalized spacial score (nSPS) is 12.0. The van der Waals surface area contributed by atoms with E-state index in [1.807, 2.05) is 30.3 Å². The van der Waals surface area contributed by atoms with Crippen LogP contribution >= 0.6 is 15.9 Å². The van der Waals surface area contributed by atoms with Crippen molar-refractivity contribution in [3.8, 4) is 0 Å². The number of halogens is 1. The van der Waals surface area contributed by atoms with E-state index in [1.54, 1.807) is 39.1 Å². The molecule has 1 aromatic heterocycles. The van der Waals surface area contributed by atoms with Crippen molar-refractivity contribution in [2.75, 3.05) is 12.0 Å². The number of carbonyl (C=O) groups excluding carboxylic acids is 2. The van der Waals surface area contributed by atoms with Gasteiger partial charge >= 0.3 is 6.09 Å². The molecule has 8 nitrogen and oxygen atoms in total. The van der Waals surface area contributed by atoms with Crippen LogP contribution < -0.4 is 16.2 Å². The molecule has 2 rings (SSSR count). The Bertz CT molecular complexity index is 794. The molecule has 29 heavy (non-hydrogen) atoms. The molecule has 1 atom stereocenters. The molecule has 0 aliphatic heterocycles. The molecule has 0 bridgehead atoms. The highest BCUT2D eigenvalue weighted by molar-refractivity contribution is 9.10. The van der Waals surface area contributed by atoms with Gasteiger partial charge in [0.2, 0.25) is 0 Å². The van der Waals surface area contributed by atoms with Crippen LogP contribution in [0.5, 0.6) is 0 Å². The Morgan fingerprint density at radius 2 is 1.86 bits per heavy atom. The molecule has 1 aromatic carbocycles. The van der Waals surface area contributed by atoms with Gasteiger partial charge in [0.15, 0.2) is 0 Å². The molecular weight excluding hydrogens is 440 g/mol. The van der Waals surface area contributed by atoms with E-state index < -0.39 is 23.6 Å². The highest BCUT2D eigenvalue weighted by Gasteiger charge is 2.24. The summed E-state index contributed by atoms with van der Waals surface area (Å²) in [5.41, 5.74) is 5.50. The fraction of sp³-hybridized carbons (Fsp3) is 0.350. The van der Waals surface area contributed by atoms with Crippen molar-refractivity contribution in [2.45, 2.75) is 39.0 Å². The number of alkyl carbamates (subject to hydrolysis) is 1. The van der Waals surface area contributed by atoms with Gasteiger partial charge in [-0.2, -0.15) is 0 Å². The highest BCUT2D eigenvalue weighted by atomic mass is 79.9. The predicted molar refractivity (Wildman–Crippen MR) is 113 cm³/mol. The summed E-state index contributed by atoms with van der Waals surface area (Å²) in [4.78, 5) is 28.8. The van der Waals surface area contributed by atoms with Gasteiger partial charge in [-0.05, 0) is 54.4 Å². The van der Waals surface area contributed by atoms with Crippen LogP contribution in [0.15, 0.2) is 53.1 Å². The summed E-state index contributed by atoms with van der Waals surface area (Å²) in [6.07, 6.45) is 0.885. The molecule has 156 valence electrons. The second-order valence-corrected chi connectivity index (χ2v) is 8.09. The van der Waals surface area contributed by atoms with Gasteiger partial charge in [0, 0.05) is 10.7 Å². The molecule has 0 unspecified atom stereocenters. The van der Waals surface area contributed by atoms with Crippen molar-refractivity contribution in [2.24, 2.45) is 0 Å². The third-order valence-corrected chi connectivity index (χ3v) is 3.91. The van der Waals surface area contributed by atoms with Crippen LogP contribution in [0, 0.1) is 0 Å². The molecule has 0 aliphatic rings. The van der Waals surface area contributed by atoms with E-state index in [9.17, 15) is 9.59 Å². The lowest BCUT2D eigenvalue weighted by atomic mass is 10.2. The second kappa shape index (κ2) is 10.8. The second-order valence-electron chi connectivity index (χ2n) is 7.18. The summed E-state index contributed by atoms with van der Waals surface area (Å²) in [5, 5.41) is 2.54.